The first kappa shape index (κ1) is 16.7. The minimum absolute atomic E-state index is 0.156. The molecule has 0 unspecified atom stereocenters. The average Bonchev–Trinajstić information content (AvgIpc) is 3.05. The van der Waals surface area contributed by atoms with Gasteiger partial charge in [0.05, 0.1) is 12.1 Å². The lowest BCUT2D eigenvalue weighted by Gasteiger charge is -2.15. The molecule has 2 rings (SSSR count). The van der Waals surface area contributed by atoms with E-state index in [4.69, 9.17) is 27.5 Å². The standard InChI is InChI=1S/C17H18ClNO2S/c1-4-7-21-17-14(18)9-13(10-15(17)20-3)11-19-12(2)16-6-5-8-22-16/h1,5-6,8-10,12,19H,7,11H2,2-3H3/t12-/m1/s1. The number of thiophene rings is 1. The summed E-state index contributed by atoms with van der Waals surface area (Å²) in [5, 5.41) is 6.04. The van der Waals surface area contributed by atoms with E-state index >= 15 is 0 Å². The number of terminal acetylenes is 1. The van der Waals surface area contributed by atoms with Crippen molar-refractivity contribution in [3.05, 3.63) is 45.1 Å². The van der Waals surface area contributed by atoms with Crippen LogP contribution >= 0.6 is 22.9 Å². The average molecular weight is 336 g/mol. The van der Waals surface area contributed by atoms with Crippen molar-refractivity contribution in [2.75, 3.05) is 13.7 Å². The van der Waals surface area contributed by atoms with Gasteiger partial charge < -0.3 is 14.8 Å². The topological polar surface area (TPSA) is 30.5 Å². The Morgan fingerprint density at radius 2 is 2.27 bits per heavy atom. The molecule has 1 atom stereocenters. The molecule has 0 radical (unpaired) electrons. The van der Waals surface area contributed by atoms with E-state index in [0.29, 0.717) is 23.1 Å². The van der Waals surface area contributed by atoms with Gasteiger partial charge in [0.15, 0.2) is 11.5 Å². The van der Waals surface area contributed by atoms with Gasteiger partial charge in [-0.2, -0.15) is 0 Å². The van der Waals surface area contributed by atoms with E-state index in [2.05, 4.69) is 35.7 Å². The van der Waals surface area contributed by atoms with Crippen LogP contribution in [0.3, 0.4) is 0 Å². The number of rotatable bonds is 7. The summed E-state index contributed by atoms with van der Waals surface area (Å²) in [5.41, 5.74) is 1.03. The lowest BCUT2D eigenvalue weighted by atomic mass is 10.1. The lowest BCUT2D eigenvalue weighted by Crippen LogP contribution is -2.17. The highest BCUT2D eigenvalue weighted by Crippen LogP contribution is 2.36. The Hall–Kier alpha value is -1.67. The SMILES string of the molecule is C#CCOc1c(Cl)cc(CN[C@H](C)c2cccs2)cc1OC. The molecule has 0 saturated heterocycles. The second-order valence-electron chi connectivity index (χ2n) is 4.72. The van der Waals surface area contributed by atoms with Crippen LogP contribution in [0.2, 0.25) is 5.02 Å². The van der Waals surface area contributed by atoms with Crippen molar-refractivity contribution in [3.8, 4) is 23.8 Å². The van der Waals surface area contributed by atoms with Gasteiger partial charge in [-0.1, -0.05) is 23.6 Å². The van der Waals surface area contributed by atoms with Gasteiger partial charge >= 0.3 is 0 Å². The van der Waals surface area contributed by atoms with E-state index in [9.17, 15) is 0 Å². The summed E-state index contributed by atoms with van der Waals surface area (Å²) in [6.07, 6.45) is 5.21. The third kappa shape index (κ3) is 4.17. The Morgan fingerprint density at radius 1 is 1.45 bits per heavy atom. The Morgan fingerprint density at radius 3 is 2.91 bits per heavy atom. The molecule has 0 saturated carbocycles. The van der Waals surface area contributed by atoms with Crippen LogP contribution in [-0.4, -0.2) is 13.7 Å². The normalized spacial score (nSPS) is 11.7. The van der Waals surface area contributed by atoms with Crippen molar-refractivity contribution in [3.63, 3.8) is 0 Å². The van der Waals surface area contributed by atoms with E-state index in [1.807, 2.05) is 12.1 Å². The van der Waals surface area contributed by atoms with Gasteiger partial charge in [-0.25, -0.2) is 0 Å². The van der Waals surface area contributed by atoms with Crippen LogP contribution in [-0.2, 0) is 6.54 Å². The van der Waals surface area contributed by atoms with Crippen molar-refractivity contribution in [1.29, 1.82) is 0 Å². The fourth-order valence-corrected chi connectivity index (χ4v) is 3.09. The number of benzene rings is 1. The molecule has 1 aromatic heterocycles. The molecule has 22 heavy (non-hydrogen) atoms. The summed E-state index contributed by atoms with van der Waals surface area (Å²) < 4.78 is 10.8. The molecule has 5 heteroatoms. The van der Waals surface area contributed by atoms with Crippen LogP contribution in [0.4, 0.5) is 0 Å². The molecule has 0 fully saturated rings. The molecule has 116 valence electrons. The van der Waals surface area contributed by atoms with Crippen molar-refractivity contribution in [2.45, 2.75) is 19.5 Å². The highest BCUT2D eigenvalue weighted by Gasteiger charge is 2.13. The van der Waals surface area contributed by atoms with Crippen molar-refractivity contribution in [1.82, 2.24) is 5.32 Å². The molecule has 0 aliphatic heterocycles. The van der Waals surface area contributed by atoms with Crippen molar-refractivity contribution < 1.29 is 9.47 Å². The maximum Gasteiger partial charge on any atom is 0.181 e. The smallest absolute Gasteiger partial charge is 0.181 e. The minimum atomic E-state index is 0.156. The first-order valence-electron chi connectivity index (χ1n) is 6.85. The van der Waals surface area contributed by atoms with Crippen LogP contribution in [0.1, 0.15) is 23.4 Å². The van der Waals surface area contributed by atoms with Gasteiger partial charge in [0.25, 0.3) is 0 Å². The molecule has 1 N–H and O–H groups in total. The van der Waals surface area contributed by atoms with E-state index in [0.717, 1.165) is 5.56 Å². The monoisotopic (exact) mass is 335 g/mol. The zero-order valence-electron chi connectivity index (χ0n) is 12.6. The Labute approximate surface area is 140 Å². The summed E-state index contributed by atoms with van der Waals surface area (Å²) in [7, 11) is 1.58. The predicted octanol–water partition coefficient (Wildman–Crippen LogP) is 4.27. The van der Waals surface area contributed by atoms with E-state index in [1.165, 1.54) is 4.88 Å². The molecule has 1 heterocycles. The van der Waals surface area contributed by atoms with Crippen LogP contribution in [0.15, 0.2) is 29.6 Å². The van der Waals surface area contributed by atoms with Gasteiger partial charge in [-0.15, -0.1) is 17.8 Å². The fourth-order valence-electron chi connectivity index (χ4n) is 2.04. The number of halogens is 1. The largest absolute Gasteiger partial charge is 0.493 e. The molecule has 3 nitrogen and oxygen atoms in total. The first-order chi connectivity index (χ1) is 10.7. The number of methoxy groups -OCH3 is 1. The predicted molar refractivity (Wildman–Crippen MR) is 91.9 cm³/mol. The first-order valence-corrected chi connectivity index (χ1v) is 8.11. The molecule has 2 aromatic rings. The molecule has 0 aliphatic carbocycles. The Balaban J connectivity index is 2.08. The maximum absolute atomic E-state index is 6.26. The van der Waals surface area contributed by atoms with Crippen LogP contribution < -0.4 is 14.8 Å². The van der Waals surface area contributed by atoms with Gasteiger partial charge in [0, 0.05) is 17.5 Å². The molecule has 1 aromatic carbocycles. The van der Waals surface area contributed by atoms with Gasteiger partial charge in [-0.05, 0) is 36.1 Å². The molecule has 0 spiro atoms. The van der Waals surface area contributed by atoms with Gasteiger partial charge in [0.1, 0.15) is 6.61 Å². The summed E-state index contributed by atoms with van der Waals surface area (Å²) >= 11 is 8.00. The zero-order chi connectivity index (χ0) is 15.9. The number of hydrogen-bond acceptors (Lipinski definition) is 4. The Kier molecular flexibility index (Phi) is 6.14. The number of hydrogen-bond donors (Lipinski definition) is 1. The summed E-state index contributed by atoms with van der Waals surface area (Å²) in [5.74, 6) is 3.49. The molecule has 0 amide bonds. The summed E-state index contributed by atoms with van der Waals surface area (Å²) in [6.45, 7) is 2.97. The highest BCUT2D eigenvalue weighted by molar-refractivity contribution is 7.10. The van der Waals surface area contributed by atoms with E-state index in [1.54, 1.807) is 18.4 Å². The van der Waals surface area contributed by atoms with Crippen LogP contribution in [0.5, 0.6) is 11.5 Å². The Bertz CT molecular complexity index is 649. The molecule has 0 aliphatic rings. The summed E-state index contributed by atoms with van der Waals surface area (Å²) in [6, 6.07) is 8.22. The van der Waals surface area contributed by atoms with E-state index in [-0.39, 0.29) is 12.6 Å². The molecular formula is C17H18ClNO2S. The van der Waals surface area contributed by atoms with Crippen molar-refractivity contribution in [2.24, 2.45) is 0 Å². The van der Waals surface area contributed by atoms with Gasteiger partial charge in [-0.3, -0.25) is 0 Å². The third-order valence-corrected chi connectivity index (χ3v) is 4.51. The zero-order valence-corrected chi connectivity index (χ0v) is 14.1. The highest BCUT2D eigenvalue weighted by atomic mass is 35.5. The summed E-state index contributed by atoms with van der Waals surface area (Å²) in [4.78, 5) is 1.30. The fraction of sp³-hybridized carbons (Fsp3) is 0.294. The lowest BCUT2D eigenvalue weighted by molar-refractivity contribution is 0.330. The molecular weight excluding hydrogens is 318 g/mol. The van der Waals surface area contributed by atoms with Crippen LogP contribution in [0, 0.1) is 12.3 Å². The van der Waals surface area contributed by atoms with E-state index < -0.39 is 0 Å². The number of nitrogens with one attached hydrogen (secondary N) is 1. The second-order valence-corrected chi connectivity index (χ2v) is 6.11. The van der Waals surface area contributed by atoms with Crippen molar-refractivity contribution >= 4 is 22.9 Å². The molecule has 0 bridgehead atoms. The maximum atomic E-state index is 6.26. The minimum Gasteiger partial charge on any atom is -0.493 e. The quantitative estimate of drug-likeness (QED) is 0.766. The third-order valence-electron chi connectivity index (χ3n) is 3.17. The van der Waals surface area contributed by atoms with Crippen LogP contribution in [0.25, 0.3) is 0 Å². The second kappa shape index (κ2) is 8.09. The number of ether oxygens (including phenoxy) is 2. The van der Waals surface area contributed by atoms with Gasteiger partial charge in [0.2, 0.25) is 0 Å².